The van der Waals surface area contributed by atoms with Gasteiger partial charge in [-0.3, -0.25) is 4.98 Å². The first-order valence-corrected chi connectivity index (χ1v) is 12.1. The highest BCUT2D eigenvalue weighted by Gasteiger charge is 2.32. The smallest absolute Gasteiger partial charge is 0.0870 e. The Kier molecular flexibility index (Phi) is 6.51. The second-order valence-electron chi connectivity index (χ2n) is 10.6. The largest absolute Gasteiger partial charge is 0.360 e. The summed E-state index contributed by atoms with van der Waals surface area (Å²) < 4.78 is 0. The Hall–Kier alpha value is -3.17. The van der Waals surface area contributed by atoms with Gasteiger partial charge >= 0.3 is 0 Å². The Morgan fingerprint density at radius 2 is 1.91 bits per heavy atom. The summed E-state index contributed by atoms with van der Waals surface area (Å²) in [5.74, 6) is 0. The van der Waals surface area contributed by atoms with E-state index >= 15 is 0 Å². The topological polar surface area (TPSA) is 37.0 Å². The lowest BCUT2D eigenvalue weighted by molar-refractivity contribution is 0.285. The van der Waals surface area contributed by atoms with Crippen LogP contribution in [0.3, 0.4) is 0 Å². The van der Waals surface area contributed by atoms with Gasteiger partial charge in [-0.05, 0) is 118 Å². The lowest BCUT2D eigenvalue weighted by atomic mass is 9.80. The number of aryl methyl sites for hydroxylation is 1. The Morgan fingerprint density at radius 1 is 1.12 bits per heavy atom. The van der Waals surface area contributed by atoms with Gasteiger partial charge in [0.25, 0.3) is 0 Å². The van der Waals surface area contributed by atoms with E-state index in [1.165, 1.54) is 22.3 Å². The van der Waals surface area contributed by atoms with Gasteiger partial charge in [-0.15, -0.1) is 0 Å². The summed E-state index contributed by atoms with van der Waals surface area (Å²) in [6.45, 7) is 17.5. The van der Waals surface area contributed by atoms with Crippen LogP contribution in [-0.2, 0) is 0 Å². The second kappa shape index (κ2) is 9.23. The predicted molar refractivity (Wildman–Crippen MR) is 146 cm³/mol. The minimum Gasteiger partial charge on any atom is -0.360 e. The summed E-state index contributed by atoms with van der Waals surface area (Å²) in [5, 5.41) is 9.37. The molecule has 2 aromatic rings. The molecule has 0 amide bonds. The lowest BCUT2D eigenvalue weighted by Crippen LogP contribution is -2.54. The highest BCUT2D eigenvalue weighted by atomic mass is 15.0. The maximum absolute atomic E-state index is 4.77. The number of nitrogens with one attached hydrogen (secondary N) is 2. The number of hydrogen-bond donors (Lipinski definition) is 2. The van der Waals surface area contributed by atoms with Gasteiger partial charge in [-0.1, -0.05) is 43.0 Å². The molecule has 0 spiro atoms. The molecule has 0 atom stereocenters. The molecule has 3 heteroatoms. The molecule has 4 rings (SSSR count). The molecule has 3 nitrogen and oxygen atoms in total. The normalized spacial score (nSPS) is 20.2. The highest BCUT2D eigenvalue weighted by molar-refractivity contribution is 5.91. The highest BCUT2D eigenvalue weighted by Crippen LogP contribution is 2.32. The minimum atomic E-state index is -0.0467. The first-order valence-electron chi connectivity index (χ1n) is 12.1. The van der Waals surface area contributed by atoms with Gasteiger partial charge < -0.3 is 10.6 Å². The second-order valence-corrected chi connectivity index (χ2v) is 10.6. The zero-order valence-electron chi connectivity index (χ0n) is 21.4. The van der Waals surface area contributed by atoms with Crippen LogP contribution in [0.1, 0.15) is 64.4 Å². The minimum absolute atomic E-state index is 0.0467. The van der Waals surface area contributed by atoms with Crippen molar-refractivity contribution in [3.05, 3.63) is 99.4 Å². The van der Waals surface area contributed by atoms with Crippen molar-refractivity contribution in [1.82, 2.24) is 15.6 Å². The molecular formula is C31H37N3. The molecule has 2 aliphatic heterocycles. The molecule has 2 aliphatic rings. The molecular weight excluding hydrogens is 414 g/mol. The fourth-order valence-electron chi connectivity index (χ4n) is 5.23. The molecule has 1 aromatic heterocycles. The van der Waals surface area contributed by atoms with E-state index in [0.29, 0.717) is 0 Å². The number of dihydropyridines is 1. The quantitative estimate of drug-likeness (QED) is 0.655. The van der Waals surface area contributed by atoms with Gasteiger partial charge in [0.15, 0.2) is 0 Å². The number of hydrogen-bond acceptors (Lipinski definition) is 3. The van der Waals surface area contributed by atoms with E-state index in [4.69, 9.17) is 4.98 Å². The third-order valence-corrected chi connectivity index (χ3v) is 6.43. The van der Waals surface area contributed by atoms with Crippen LogP contribution in [0.4, 0.5) is 0 Å². The van der Waals surface area contributed by atoms with E-state index in [9.17, 15) is 0 Å². The van der Waals surface area contributed by atoms with Crippen molar-refractivity contribution in [2.45, 2.75) is 65.5 Å². The number of aromatic nitrogens is 1. The van der Waals surface area contributed by atoms with E-state index in [1.54, 1.807) is 0 Å². The number of pyridine rings is 1. The summed E-state index contributed by atoms with van der Waals surface area (Å²) in [5.41, 5.74) is 8.16. The zero-order chi connectivity index (χ0) is 24.5. The third kappa shape index (κ3) is 5.31. The molecule has 0 radical (unpaired) electrons. The standard InChI is InChI=1S/C31H37N3/c1-8-23(26-19-30(4,5)34-31(6,7)20-26)17-25-18-24(15-14-21(25)2)27-12-10-16-32-29(27)28-13-9-11-22(3)33-28/h8-11,13-19,32,34H,2,12,20H2,1,3-7H3/b23-8+,25-17-. The molecule has 0 bridgehead atoms. The average molecular weight is 452 g/mol. The molecule has 2 N–H and O–H groups in total. The maximum Gasteiger partial charge on any atom is 0.0870 e. The van der Waals surface area contributed by atoms with Crippen LogP contribution in [0.25, 0.3) is 23.9 Å². The van der Waals surface area contributed by atoms with Crippen LogP contribution < -0.4 is 21.1 Å². The summed E-state index contributed by atoms with van der Waals surface area (Å²) >= 11 is 0. The first kappa shape index (κ1) is 24.0. The molecule has 0 aliphatic carbocycles. The Balaban J connectivity index is 1.81. The van der Waals surface area contributed by atoms with Crippen LogP contribution in [0, 0.1) is 6.92 Å². The van der Waals surface area contributed by atoms with Crippen molar-refractivity contribution >= 4 is 23.9 Å². The molecule has 1 aromatic carbocycles. The van der Waals surface area contributed by atoms with E-state index < -0.39 is 0 Å². The van der Waals surface area contributed by atoms with E-state index in [2.05, 4.69) is 106 Å². The Morgan fingerprint density at radius 3 is 2.62 bits per heavy atom. The van der Waals surface area contributed by atoms with E-state index in [1.807, 2.05) is 19.2 Å². The number of rotatable bonds is 4. The SMILES string of the molecule is C=c1ccc(C2=C(c3cccc(C)n3)NC=CC2)c/c1=C/C(=C\C)C1=CC(C)(C)NC(C)(C)C1. The van der Waals surface area contributed by atoms with Gasteiger partial charge in [0.05, 0.1) is 11.4 Å². The van der Waals surface area contributed by atoms with Crippen molar-refractivity contribution < 1.29 is 0 Å². The monoisotopic (exact) mass is 451 g/mol. The Labute approximate surface area is 204 Å². The number of allylic oxidation sites excluding steroid dienone is 4. The lowest BCUT2D eigenvalue weighted by Gasteiger charge is -2.41. The summed E-state index contributed by atoms with van der Waals surface area (Å²) in [6, 6.07) is 12.7. The van der Waals surface area contributed by atoms with Gasteiger partial charge in [0.1, 0.15) is 0 Å². The summed E-state index contributed by atoms with van der Waals surface area (Å²) in [7, 11) is 0. The van der Waals surface area contributed by atoms with Gasteiger partial charge in [0.2, 0.25) is 0 Å². The molecule has 0 saturated heterocycles. The fourth-order valence-corrected chi connectivity index (χ4v) is 5.23. The van der Waals surface area contributed by atoms with Gasteiger partial charge in [0, 0.05) is 16.8 Å². The van der Waals surface area contributed by atoms with Crippen molar-refractivity contribution in [2.75, 3.05) is 0 Å². The molecule has 176 valence electrons. The number of nitrogens with zero attached hydrogens (tertiary/aromatic N) is 1. The van der Waals surface area contributed by atoms with Crippen LogP contribution in [0.2, 0.25) is 0 Å². The number of benzene rings is 1. The van der Waals surface area contributed by atoms with Crippen LogP contribution in [0.15, 0.2) is 72.0 Å². The van der Waals surface area contributed by atoms with E-state index in [-0.39, 0.29) is 11.1 Å². The van der Waals surface area contributed by atoms with Gasteiger partial charge in [-0.2, -0.15) is 0 Å². The predicted octanol–water partition coefficient (Wildman–Crippen LogP) is 5.38. The fraction of sp³-hybridized carbons (Fsp3) is 0.323. The summed E-state index contributed by atoms with van der Waals surface area (Å²) in [6.07, 6.45) is 12.9. The molecule has 3 heterocycles. The van der Waals surface area contributed by atoms with Crippen molar-refractivity contribution in [2.24, 2.45) is 0 Å². The maximum atomic E-state index is 4.77. The average Bonchev–Trinajstić information content (AvgIpc) is 2.76. The van der Waals surface area contributed by atoms with Crippen LogP contribution in [-0.4, -0.2) is 16.1 Å². The van der Waals surface area contributed by atoms with Gasteiger partial charge in [-0.25, -0.2) is 0 Å². The molecule has 34 heavy (non-hydrogen) atoms. The van der Waals surface area contributed by atoms with E-state index in [0.717, 1.165) is 40.4 Å². The Bertz CT molecular complexity index is 1330. The molecule has 0 unspecified atom stereocenters. The molecule has 0 saturated carbocycles. The molecule has 0 fully saturated rings. The van der Waals surface area contributed by atoms with Crippen LogP contribution >= 0.6 is 0 Å². The zero-order valence-corrected chi connectivity index (χ0v) is 21.4. The van der Waals surface area contributed by atoms with Crippen molar-refractivity contribution in [3.8, 4) is 0 Å². The summed E-state index contributed by atoms with van der Waals surface area (Å²) in [4.78, 5) is 4.77. The first-order chi connectivity index (χ1) is 16.1. The van der Waals surface area contributed by atoms with Crippen LogP contribution in [0.5, 0.6) is 0 Å². The third-order valence-electron chi connectivity index (χ3n) is 6.43. The van der Waals surface area contributed by atoms with Crippen molar-refractivity contribution in [3.63, 3.8) is 0 Å². The van der Waals surface area contributed by atoms with Crippen molar-refractivity contribution in [1.29, 1.82) is 0 Å².